The number of aromatic nitrogens is 7. The Morgan fingerprint density at radius 1 is 1.09 bits per heavy atom. The number of aliphatic hydroxyl groups excluding tert-OH is 2. The predicted octanol–water partition coefficient (Wildman–Crippen LogP) is -2.93. The van der Waals surface area contributed by atoms with Crippen LogP contribution in [0.25, 0.3) is 11.2 Å². The van der Waals surface area contributed by atoms with Crippen molar-refractivity contribution in [2.75, 3.05) is 37.8 Å². The van der Waals surface area contributed by atoms with Gasteiger partial charge in [0.15, 0.2) is 27.5 Å². The molecule has 6 heterocycles. The first-order valence-corrected chi connectivity index (χ1v) is 26.6. The molecule has 10 unspecified atom stereocenters. The lowest BCUT2D eigenvalue weighted by molar-refractivity contribution is -0.147. The van der Waals surface area contributed by atoms with Crippen molar-refractivity contribution in [1.29, 1.82) is 0 Å². The molecule has 0 saturated carbocycles. The molecule has 3 amide bonds. The van der Waals surface area contributed by atoms with Gasteiger partial charge in [0.25, 0.3) is 0 Å². The quantitative estimate of drug-likeness (QED) is 0.0276. The molecule has 6 rings (SSSR count). The number of fused-ring (bicyclic) bond motifs is 2. The highest BCUT2D eigenvalue weighted by Crippen LogP contribution is 2.61. The smallest absolute Gasteiger partial charge is 0.386 e. The summed E-state index contributed by atoms with van der Waals surface area (Å²) in [6.07, 6.45) is -4.78. The van der Waals surface area contributed by atoms with E-state index in [1.165, 1.54) is 37.8 Å². The average molecular weight is 1050 g/mol. The number of nitrogens with one attached hydrogen (secondary N) is 2. The SMILES string of the molecule is CC(C)(COP(=O)(O)OP(=O)(O)OCC1OC(n2cnc3c(N)ncnc32)C(O)C1OP(=O)(O)O)C(O)C(=O)NCCC(=O)NCCSC(=O)C1N2C(=O)CC2S(=O)(=O)C1(C)Cn1ccnn1. The Bertz CT molecular complexity index is 2620. The topological polar surface area (TPSA) is 449 Å². The molecule has 31 nitrogen and oxygen atoms in total. The van der Waals surface area contributed by atoms with Crippen molar-refractivity contribution in [2.45, 2.75) is 87.0 Å². The number of anilines is 1. The Hall–Kier alpha value is -3.88. The molecule has 3 aromatic rings. The number of phosphoric acid groups is 3. The number of sulfone groups is 1. The number of phosphoric ester groups is 3. The van der Waals surface area contributed by atoms with Crippen LogP contribution in [0.1, 0.15) is 39.8 Å². The summed E-state index contributed by atoms with van der Waals surface area (Å²) in [6, 6.07) is -1.31. The van der Waals surface area contributed by atoms with E-state index in [1.807, 2.05) is 0 Å². The van der Waals surface area contributed by atoms with Gasteiger partial charge >= 0.3 is 23.5 Å². The van der Waals surface area contributed by atoms with E-state index in [-0.39, 0.29) is 55.2 Å². The molecule has 36 heteroatoms. The fourth-order valence-electron chi connectivity index (χ4n) is 7.27. The fraction of sp³-hybridized carbons (Fsp3) is 0.645. The molecule has 372 valence electrons. The number of β-lactam (4-membered cyclic amide) rings is 1. The summed E-state index contributed by atoms with van der Waals surface area (Å²) in [4.78, 5) is 103. The number of amides is 3. The third kappa shape index (κ3) is 11.6. The summed E-state index contributed by atoms with van der Waals surface area (Å²) in [5, 5.41) is 32.1. The van der Waals surface area contributed by atoms with E-state index in [9.17, 15) is 71.1 Å². The highest BCUT2D eigenvalue weighted by Gasteiger charge is 2.69. The van der Waals surface area contributed by atoms with Crippen molar-refractivity contribution < 1.29 is 93.7 Å². The maximum atomic E-state index is 13.4. The van der Waals surface area contributed by atoms with Crippen molar-refractivity contribution in [3.8, 4) is 0 Å². The van der Waals surface area contributed by atoms with E-state index in [4.69, 9.17) is 19.5 Å². The van der Waals surface area contributed by atoms with Gasteiger partial charge in [-0.1, -0.05) is 30.8 Å². The van der Waals surface area contributed by atoms with E-state index in [2.05, 4.69) is 44.7 Å². The maximum Gasteiger partial charge on any atom is 0.481 e. The summed E-state index contributed by atoms with van der Waals surface area (Å²) < 4.78 is 88.7. The first kappa shape index (κ1) is 52.5. The molecule has 10 atom stereocenters. The van der Waals surface area contributed by atoms with Crippen molar-refractivity contribution in [3.63, 3.8) is 0 Å². The Morgan fingerprint density at radius 2 is 1.79 bits per heavy atom. The number of ether oxygens (including phenoxy) is 1. The zero-order valence-corrected chi connectivity index (χ0v) is 39.5. The van der Waals surface area contributed by atoms with Crippen LogP contribution in [0.3, 0.4) is 0 Å². The second kappa shape index (κ2) is 19.9. The van der Waals surface area contributed by atoms with Crippen LogP contribution < -0.4 is 16.4 Å². The van der Waals surface area contributed by atoms with Crippen LogP contribution in [0.5, 0.6) is 0 Å². The number of imidazole rings is 1. The molecule has 3 fully saturated rings. The van der Waals surface area contributed by atoms with E-state index >= 15 is 0 Å². The minimum absolute atomic E-state index is 0.00507. The molecular weight excluding hydrogens is 1000 g/mol. The second-order valence-electron chi connectivity index (χ2n) is 16.1. The lowest BCUT2D eigenvalue weighted by Gasteiger charge is -2.36. The molecule has 3 aromatic heterocycles. The third-order valence-corrected chi connectivity index (χ3v) is 17.5. The van der Waals surface area contributed by atoms with Crippen molar-refractivity contribution in [1.82, 2.24) is 50.0 Å². The number of carbonyl (C=O) groups is 4. The third-order valence-electron chi connectivity index (χ3n) is 10.7. The molecule has 67 heavy (non-hydrogen) atoms. The number of aliphatic hydroxyl groups is 2. The van der Waals surface area contributed by atoms with Crippen LogP contribution in [0.2, 0.25) is 0 Å². The molecule has 0 bridgehead atoms. The van der Waals surface area contributed by atoms with E-state index in [0.717, 1.165) is 33.9 Å². The van der Waals surface area contributed by atoms with E-state index in [1.54, 1.807) is 0 Å². The molecule has 3 aliphatic rings. The number of nitrogens with two attached hydrogens (primary N) is 1. The first-order valence-electron chi connectivity index (χ1n) is 19.5. The number of nitrogen functional groups attached to an aromatic ring is 1. The molecule has 3 aliphatic heterocycles. The molecule has 3 saturated heterocycles. The van der Waals surface area contributed by atoms with Gasteiger partial charge < -0.3 is 55.8 Å². The van der Waals surface area contributed by atoms with Crippen LogP contribution in [-0.4, -0.2) is 173 Å². The number of rotatable bonds is 22. The van der Waals surface area contributed by atoms with Gasteiger partial charge in [-0.25, -0.2) is 37.1 Å². The summed E-state index contributed by atoms with van der Waals surface area (Å²) in [7, 11) is -20.5. The van der Waals surface area contributed by atoms with Crippen LogP contribution in [0.4, 0.5) is 5.82 Å². The van der Waals surface area contributed by atoms with Crippen LogP contribution in [-0.2, 0) is 71.9 Å². The van der Waals surface area contributed by atoms with Crippen LogP contribution in [0.15, 0.2) is 25.0 Å². The van der Waals surface area contributed by atoms with Gasteiger partial charge in [0.2, 0.25) is 22.8 Å². The van der Waals surface area contributed by atoms with E-state index < -0.39 is 122 Å². The summed E-state index contributed by atoms with van der Waals surface area (Å²) in [5.41, 5.74) is 4.15. The van der Waals surface area contributed by atoms with Gasteiger partial charge in [0.1, 0.15) is 52.4 Å². The van der Waals surface area contributed by atoms with Crippen molar-refractivity contribution >= 4 is 84.9 Å². The number of thioether (sulfide) groups is 1. The van der Waals surface area contributed by atoms with Gasteiger partial charge in [-0.05, 0) is 6.92 Å². The molecule has 10 N–H and O–H groups in total. The van der Waals surface area contributed by atoms with Gasteiger partial charge in [-0.3, -0.25) is 42.0 Å². The molecule has 0 aromatic carbocycles. The van der Waals surface area contributed by atoms with Gasteiger partial charge in [-0.15, -0.1) is 5.10 Å². The number of hydrogen-bond acceptors (Lipinski definition) is 23. The van der Waals surface area contributed by atoms with Gasteiger partial charge in [-0.2, -0.15) is 4.31 Å². The summed E-state index contributed by atoms with van der Waals surface area (Å²) >= 11 is 0.721. The average Bonchev–Trinajstić information content (AvgIpc) is 3.99. The lowest BCUT2D eigenvalue weighted by Crippen LogP contribution is -2.57. The van der Waals surface area contributed by atoms with Gasteiger partial charge in [0, 0.05) is 36.9 Å². The predicted molar refractivity (Wildman–Crippen MR) is 223 cm³/mol. The lowest BCUT2D eigenvalue weighted by atomic mass is 9.87. The normalized spacial score (nSPS) is 27.2. The number of carbonyl (C=O) groups excluding carboxylic acids is 4. The zero-order valence-electron chi connectivity index (χ0n) is 35.2. The Morgan fingerprint density at radius 3 is 2.45 bits per heavy atom. The molecule has 0 aliphatic carbocycles. The fourth-order valence-corrected chi connectivity index (χ4v) is 13.5. The Labute approximate surface area is 382 Å². The highest BCUT2D eigenvalue weighted by atomic mass is 32.2. The molecule has 0 radical (unpaired) electrons. The number of hydrogen-bond donors (Lipinski definition) is 9. The minimum Gasteiger partial charge on any atom is -0.386 e. The standard InChI is InChI=1S/C31H46N11O20P3S2/c1-30(2,13-59-65(54,55)62-64(52,53)58-11-16-22(61-63(49,50)51)21(45)28(60-16)41-15-37-20-25(32)35-14-36-26(20)41)24(46)27(47)34-5-4-17(43)33-7-9-66-29(48)23-31(3,12-40-8-6-38-39-40)67(56,57)19-10-18(44)42(19)23/h6,8,14-16,19,21-24,28,45-46H,4-5,7,9-13H2,1-3H3,(H,33,43)(H,34,47)(H,52,53)(H,54,55)(H2,32,35,36)(H2,49,50,51). The van der Waals surface area contributed by atoms with Gasteiger partial charge in [0.05, 0.1) is 38.7 Å². The molecule has 0 spiro atoms. The van der Waals surface area contributed by atoms with Crippen LogP contribution in [0, 0.1) is 5.41 Å². The molecular formula is C31H46N11O20P3S2. The summed E-state index contributed by atoms with van der Waals surface area (Å²) in [5.74, 6) is -2.20. The second-order valence-corrected chi connectivity index (χ2v) is 24.0. The summed E-state index contributed by atoms with van der Waals surface area (Å²) in [6.45, 7) is 1.06. The van der Waals surface area contributed by atoms with Crippen molar-refractivity contribution in [2.24, 2.45) is 5.41 Å². The first-order chi connectivity index (χ1) is 31.1. The van der Waals surface area contributed by atoms with E-state index in [0.29, 0.717) is 0 Å². The van der Waals surface area contributed by atoms with Crippen LogP contribution >= 0.6 is 35.2 Å². The minimum atomic E-state index is -5.63. The maximum absolute atomic E-state index is 13.4. The van der Waals surface area contributed by atoms with Crippen molar-refractivity contribution in [3.05, 3.63) is 25.0 Å². The monoisotopic (exact) mass is 1050 g/mol. The zero-order chi connectivity index (χ0) is 49.5. The Balaban J connectivity index is 0.926. The largest absolute Gasteiger partial charge is 0.481 e. The number of nitrogens with zero attached hydrogens (tertiary/aromatic N) is 8. The highest BCUT2D eigenvalue weighted by molar-refractivity contribution is 8.13. The Kier molecular flexibility index (Phi) is 15.6.